The fourth-order valence-electron chi connectivity index (χ4n) is 2.50. The topological polar surface area (TPSA) is 50.4 Å². The predicted octanol–water partition coefficient (Wildman–Crippen LogP) is 1.09. The van der Waals surface area contributed by atoms with Gasteiger partial charge < -0.3 is 15.4 Å². The summed E-state index contributed by atoms with van der Waals surface area (Å²) >= 11 is 0. The van der Waals surface area contributed by atoms with Crippen LogP contribution in [0.25, 0.3) is 0 Å². The molecular weight excluding hydrogens is 240 g/mol. The first-order valence-electron chi connectivity index (χ1n) is 6.39. The van der Waals surface area contributed by atoms with Crippen LogP contribution >= 0.6 is 12.4 Å². The molecule has 2 heterocycles. The van der Waals surface area contributed by atoms with Gasteiger partial charge in [-0.3, -0.25) is 4.79 Å². The molecule has 5 heteroatoms. The van der Waals surface area contributed by atoms with Crippen LogP contribution in [0, 0.1) is 5.92 Å². The fraction of sp³-hybridized carbons (Fsp3) is 0.917. The van der Waals surface area contributed by atoms with E-state index in [0.717, 1.165) is 45.4 Å². The number of piperidine rings is 1. The van der Waals surface area contributed by atoms with Crippen molar-refractivity contribution >= 4 is 18.3 Å². The summed E-state index contributed by atoms with van der Waals surface area (Å²) in [4.78, 5) is 12.0. The summed E-state index contributed by atoms with van der Waals surface area (Å²) in [6.45, 7) is 4.69. The summed E-state index contributed by atoms with van der Waals surface area (Å²) < 4.78 is 5.27. The maximum Gasteiger partial charge on any atom is 0.223 e. The summed E-state index contributed by atoms with van der Waals surface area (Å²) in [5.74, 6) is 0.395. The standard InChI is InChI=1S/C12H22N2O2.ClH/c1-9-11(3-2-6-13-9)14-12(15)10-4-7-16-8-5-10;/h9-11,13H,2-8H2,1H3,(H,14,15);1H. The van der Waals surface area contributed by atoms with Crippen molar-refractivity contribution in [3.05, 3.63) is 0 Å². The normalized spacial score (nSPS) is 30.4. The van der Waals surface area contributed by atoms with E-state index < -0.39 is 0 Å². The molecule has 0 aromatic heterocycles. The number of carbonyl (C=O) groups is 1. The second-order valence-electron chi connectivity index (χ2n) is 4.89. The third kappa shape index (κ3) is 4.12. The second kappa shape index (κ2) is 7.19. The van der Waals surface area contributed by atoms with Crippen molar-refractivity contribution in [1.29, 1.82) is 0 Å². The van der Waals surface area contributed by atoms with Gasteiger partial charge in [0.25, 0.3) is 0 Å². The zero-order chi connectivity index (χ0) is 11.4. The molecule has 4 nitrogen and oxygen atoms in total. The monoisotopic (exact) mass is 262 g/mol. The van der Waals surface area contributed by atoms with Crippen LogP contribution < -0.4 is 10.6 Å². The molecule has 2 N–H and O–H groups in total. The highest BCUT2D eigenvalue weighted by Gasteiger charge is 2.27. The zero-order valence-electron chi connectivity index (χ0n) is 10.4. The molecule has 0 radical (unpaired) electrons. The van der Waals surface area contributed by atoms with E-state index in [9.17, 15) is 4.79 Å². The van der Waals surface area contributed by atoms with Crippen molar-refractivity contribution in [2.45, 2.75) is 44.7 Å². The number of amides is 1. The molecule has 2 aliphatic rings. The summed E-state index contributed by atoms with van der Waals surface area (Å²) in [6, 6.07) is 0.710. The highest BCUT2D eigenvalue weighted by Crippen LogP contribution is 2.16. The molecule has 0 spiro atoms. The van der Waals surface area contributed by atoms with Crippen LogP contribution in [0.15, 0.2) is 0 Å². The third-order valence-corrected chi connectivity index (χ3v) is 3.68. The molecule has 2 saturated heterocycles. The van der Waals surface area contributed by atoms with Crippen molar-refractivity contribution in [3.63, 3.8) is 0 Å². The largest absolute Gasteiger partial charge is 0.381 e. The van der Waals surface area contributed by atoms with Gasteiger partial charge >= 0.3 is 0 Å². The number of nitrogens with one attached hydrogen (secondary N) is 2. The summed E-state index contributed by atoms with van der Waals surface area (Å²) in [7, 11) is 0. The van der Waals surface area contributed by atoms with Gasteiger partial charge in [-0.15, -0.1) is 12.4 Å². The van der Waals surface area contributed by atoms with Crippen LogP contribution in [0.5, 0.6) is 0 Å². The smallest absolute Gasteiger partial charge is 0.223 e. The van der Waals surface area contributed by atoms with E-state index in [-0.39, 0.29) is 24.2 Å². The van der Waals surface area contributed by atoms with Crippen LogP contribution in [0.1, 0.15) is 32.6 Å². The predicted molar refractivity (Wildman–Crippen MR) is 69.4 cm³/mol. The van der Waals surface area contributed by atoms with E-state index in [1.807, 2.05) is 0 Å². The molecule has 2 aliphatic heterocycles. The molecule has 0 aromatic carbocycles. The summed E-state index contributed by atoms with van der Waals surface area (Å²) in [6.07, 6.45) is 4.01. The minimum absolute atomic E-state index is 0. The first-order valence-corrected chi connectivity index (χ1v) is 6.39. The average Bonchev–Trinajstić information content (AvgIpc) is 2.33. The molecule has 0 aromatic rings. The van der Waals surface area contributed by atoms with Crippen LogP contribution in [0.3, 0.4) is 0 Å². The molecule has 0 aliphatic carbocycles. The van der Waals surface area contributed by atoms with E-state index >= 15 is 0 Å². The van der Waals surface area contributed by atoms with Gasteiger partial charge in [-0.25, -0.2) is 0 Å². The van der Waals surface area contributed by atoms with Gasteiger partial charge in [-0.1, -0.05) is 0 Å². The molecule has 100 valence electrons. The van der Waals surface area contributed by atoms with E-state index in [1.54, 1.807) is 0 Å². The number of carbonyl (C=O) groups excluding carboxylic acids is 1. The lowest BCUT2D eigenvalue weighted by Crippen LogP contribution is -2.53. The van der Waals surface area contributed by atoms with Crippen molar-refractivity contribution in [2.24, 2.45) is 5.92 Å². The van der Waals surface area contributed by atoms with Crippen molar-refractivity contribution in [3.8, 4) is 0 Å². The zero-order valence-corrected chi connectivity index (χ0v) is 11.2. The molecule has 17 heavy (non-hydrogen) atoms. The number of ether oxygens (including phenoxy) is 1. The summed E-state index contributed by atoms with van der Waals surface area (Å²) in [5, 5.41) is 6.58. The lowest BCUT2D eigenvalue weighted by atomic mass is 9.96. The van der Waals surface area contributed by atoms with Crippen molar-refractivity contribution < 1.29 is 9.53 Å². The van der Waals surface area contributed by atoms with E-state index in [1.165, 1.54) is 0 Å². The molecule has 2 atom stereocenters. The molecular formula is C12H23ClN2O2. The van der Waals surface area contributed by atoms with Crippen LogP contribution in [0.4, 0.5) is 0 Å². The van der Waals surface area contributed by atoms with E-state index in [4.69, 9.17) is 4.74 Å². The Labute approximate surface area is 109 Å². The Balaban J connectivity index is 0.00000144. The molecule has 0 saturated carbocycles. The molecule has 2 fully saturated rings. The quantitative estimate of drug-likeness (QED) is 0.783. The first kappa shape index (κ1) is 14.7. The van der Waals surface area contributed by atoms with Gasteiger partial charge in [0.05, 0.1) is 0 Å². The van der Waals surface area contributed by atoms with Gasteiger partial charge in [0.2, 0.25) is 5.91 Å². The second-order valence-corrected chi connectivity index (χ2v) is 4.89. The average molecular weight is 263 g/mol. The minimum Gasteiger partial charge on any atom is -0.381 e. The van der Waals surface area contributed by atoms with E-state index in [0.29, 0.717) is 12.1 Å². The van der Waals surface area contributed by atoms with E-state index in [2.05, 4.69) is 17.6 Å². The Kier molecular flexibility index (Phi) is 6.23. The number of hydrogen-bond acceptors (Lipinski definition) is 3. The molecule has 1 amide bonds. The SMILES string of the molecule is CC1NCCCC1NC(=O)C1CCOCC1.Cl. The van der Waals surface area contributed by atoms with Crippen molar-refractivity contribution in [2.75, 3.05) is 19.8 Å². The van der Waals surface area contributed by atoms with Gasteiger partial charge in [0.15, 0.2) is 0 Å². The van der Waals surface area contributed by atoms with Crippen LogP contribution in [-0.4, -0.2) is 37.7 Å². The first-order chi connectivity index (χ1) is 7.77. The number of hydrogen-bond donors (Lipinski definition) is 2. The van der Waals surface area contributed by atoms with Gasteiger partial charge in [0.1, 0.15) is 0 Å². The Bertz CT molecular complexity index is 245. The maximum atomic E-state index is 12.0. The molecule has 0 bridgehead atoms. The Morgan fingerprint density at radius 1 is 1.29 bits per heavy atom. The number of halogens is 1. The Morgan fingerprint density at radius 2 is 2.00 bits per heavy atom. The van der Waals surface area contributed by atoms with Crippen molar-refractivity contribution in [1.82, 2.24) is 10.6 Å². The maximum absolute atomic E-state index is 12.0. The minimum atomic E-state index is 0. The molecule has 2 rings (SSSR count). The lowest BCUT2D eigenvalue weighted by Gasteiger charge is -2.32. The molecule has 2 unspecified atom stereocenters. The fourth-order valence-corrected chi connectivity index (χ4v) is 2.50. The highest BCUT2D eigenvalue weighted by atomic mass is 35.5. The van der Waals surface area contributed by atoms with Crippen LogP contribution in [0.2, 0.25) is 0 Å². The Morgan fingerprint density at radius 3 is 2.65 bits per heavy atom. The highest BCUT2D eigenvalue weighted by molar-refractivity contribution is 5.85. The summed E-state index contributed by atoms with van der Waals surface area (Å²) in [5.41, 5.74) is 0. The number of rotatable bonds is 2. The van der Waals surface area contributed by atoms with Gasteiger partial charge in [0, 0.05) is 31.2 Å². The van der Waals surface area contributed by atoms with Crippen LogP contribution in [-0.2, 0) is 9.53 Å². The van der Waals surface area contributed by atoms with Gasteiger partial charge in [-0.2, -0.15) is 0 Å². The lowest BCUT2D eigenvalue weighted by molar-refractivity contribution is -0.128. The third-order valence-electron chi connectivity index (χ3n) is 3.68. The Hall–Kier alpha value is -0.320. The van der Waals surface area contributed by atoms with Gasteiger partial charge in [-0.05, 0) is 39.2 Å².